The maximum Gasteiger partial charge on any atom is 0.406 e. The van der Waals surface area contributed by atoms with Crippen LogP contribution in [0.15, 0.2) is 0 Å². The van der Waals surface area contributed by atoms with Crippen LogP contribution in [0.3, 0.4) is 0 Å². The molecule has 110 valence electrons. The summed E-state index contributed by atoms with van der Waals surface area (Å²) < 4.78 is 36.9. The van der Waals surface area contributed by atoms with Gasteiger partial charge in [-0.1, -0.05) is 0 Å². The molecule has 0 spiro atoms. The number of aliphatic carboxylic acids is 1. The van der Waals surface area contributed by atoms with Crippen LogP contribution in [0.1, 0.15) is 19.3 Å². The van der Waals surface area contributed by atoms with Crippen LogP contribution in [0.2, 0.25) is 0 Å². The van der Waals surface area contributed by atoms with E-state index in [1.165, 1.54) is 0 Å². The summed E-state index contributed by atoms with van der Waals surface area (Å²) in [4.78, 5) is 23.2. The second-order valence-corrected chi connectivity index (χ2v) is 4.64. The minimum atomic E-state index is -4.53. The smallest absolute Gasteiger partial charge is 0.406 e. The van der Waals surface area contributed by atoms with Crippen LogP contribution in [0.25, 0.3) is 0 Å². The van der Waals surface area contributed by atoms with Gasteiger partial charge in [-0.15, -0.1) is 0 Å². The summed E-state index contributed by atoms with van der Waals surface area (Å²) in [7, 11) is 0. The molecule has 1 saturated carbocycles. The Morgan fingerprint density at radius 2 is 1.79 bits per heavy atom. The molecule has 0 aromatic heterocycles. The minimum absolute atomic E-state index is 0.0634. The molecule has 2 unspecified atom stereocenters. The third-order valence-electron chi connectivity index (χ3n) is 3.18. The first kappa shape index (κ1) is 15.7. The van der Waals surface area contributed by atoms with Crippen molar-refractivity contribution in [3.63, 3.8) is 0 Å². The molecule has 0 radical (unpaired) electrons. The summed E-state index contributed by atoms with van der Waals surface area (Å²) in [6, 6.07) is 0. The van der Waals surface area contributed by atoms with Crippen molar-refractivity contribution in [2.24, 2.45) is 11.8 Å². The van der Waals surface area contributed by atoms with E-state index >= 15 is 0 Å². The number of carbonyl (C=O) groups is 2. The van der Waals surface area contributed by atoms with E-state index in [4.69, 9.17) is 10.2 Å². The van der Waals surface area contributed by atoms with Gasteiger partial charge in [0.1, 0.15) is 6.54 Å². The van der Waals surface area contributed by atoms with Gasteiger partial charge in [0.15, 0.2) is 0 Å². The van der Waals surface area contributed by atoms with E-state index < -0.39 is 49.6 Å². The predicted octanol–water partition coefficient (Wildman–Crippen LogP) is 0.870. The Balaban J connectivity index is 2.65. The lowest BCUT2D eigenvalue weighted by molar-refractivity contribution is -0.164. The molecule has 0 aliphatic heterocycles. The molecular formula is C11H16F3NO4. The Morgan fingerprint density at radius 3 is 2.21 bits per heavy atom. The maximum absolute atomic E-state index is 12.3. The second-order valence-electron chi connectivity index (χ2n) is 4.64. The Hall–Kier alpha value is -1.31. The summed E-state index contributed by atoms with van der Waals surface area (Å²) in [5.41, 5.74) is 0. The summed E-state index contributed by atoms with van der Waals surface area (Å²) in [6.45, 7) is -2.37. The molecule has 1 amide bonds. The number of amides is 1. The Kier molecular flexibility index (Phi) is 5.16. The highest BCUT2D eigenvalue weighted by Gasteiger charge is 2.39. The van der Waals surface area contributed by atoms with Crippen LogP contribution in [0.4, 0.5) is 13.2 Å². The summed E-state index contributed by atoms with van der Waals surface area (Å²) in [5.74, 6) is -3.12. The fourth-order valence-electron chi connectivity index (χ4n) is 2.29. The fraction of sp³-hybridized carbons (Fsp3) is 0.818. The van der Waals surface area contributed by atoms with E-state index in [1.54, 1.807) is 0 Å². The Labute approximate surface area is 108 Å². The van der Waals surface area contributed by atoms with Crippen LogP contribution in [0.5, 0.6) is 0 Å². The Bertz CT molecular complexity index is 345. The number of nitrogens with zero attached hydrogens (tertiary/aromatic N) is 1. The van der Waals surface area contributed by atoms with Gasteiger partial charge in [0, 0.05) is 12.5 Å². The molecule has 1 aliphatic carbocycles. The molecule has 5 nitrogen and oxygen atoms in total. The van der Waals surface area contributed by atoms with Crippen molar-refractivity contribution in [1.29, 1.82) is 0 Å². The lowest BCUT2D eigenvalue weighted by Crippen LogP contribution is -2.43. The molecule has 0 saturated heterocycles. The lowest BCUT2D eigenvalue weighted by Gasteiger charge is -2.25. The van der Waals surface area contributed by atoms with Crippen LogP contribution in [-0.2, 0) is 9.59 Å². The molecule has 0 aromatic carbocycles. The number of carbonyl (C=O) groups excluding carboxylic acids is 1. The average molecular weight is 283 g/mol. The van der Waals surface area contributed by atoms with Crippen molar-refractivity contribution in [2.75, 3.05) is 19.7 Å². The van der Waals surface area contributed by atoms with Crippen molar-refractivity contribution >= 4 is 11.9 Å². The van der Waals surface area contributed by atoms with Gasteiger partial charge in [-0.05, 0) is 19.3 Å². The standard InChI is InChI=1S/C11H16F3NO4/c12-11(13,14)6-15(3-4-16)9(17)7-1-2-8(5-7)10(18)19/h7-8,16H,1-6H2,(H,18,19). The zero-order valence-electron chi connectivity index (χ0n) is 10.2. The summed E-state index contributed by atoms with van der Waals surface area (Å²) in [6.07, 6.45) is -3.90. The SMILES string of the molecule is O=C(O)C1CCC(C(=O)N(CCO)CC(F)(F)F)C1. The molecule has 0 aromatic rings. The molecule has 1 rings (SSSR count). The zero-order chi connectivity index (χ0) is 14.6. The van der Waals surface area contributed by atoms with Crippen molar-refractivity contribution in [1.82, 2.24) is 4.90 Å². The number of carboxylic acids is 1. The summed E-state index contributed by atoms with van der Waals surface area (Å²) in [5, 5.41) is 17.5. The van der Waals surface area contributed by atoms with E-state index in [1.807, 2.05) is 0 Å². The molecule has 0 heterocycles. The molecular weight excluding hydrogens is 267 g/mol. The molecule has 1 aliphatic rings. The van der Waals surface area contributed by atoms with Gasteiger partial charge in [-0.25, -0.2) is 0 Å². The van der Waals surface area contributed by atoms with Crippen LogP contribution < -0.4 is 0 Å². The van der Waals surface area contributed by atoms with Crippen LogP contribution >= 0.6 is 0 Å². The first-order chi connectivity index (χ1) is 8.74. The largest absolute Gasteiger partial charge is 0.481 e. The van der Waals surface area contributed by atoms with Crippen molar-refractivity contribution in [3.8, 4) is 0 Å². The molecule has 8 heteroatoms. The van der Waals surface area contributed by atoms with Crippen LogP contribution in [-0.4, -0.2) is 52.9 Å². The normalized spacial score (nSPS) is 23.4. The molecule has 19 heavy (non-hydrogen) atoms. The quantitative estimate of drug-likeness (QED) is 0.785. The van der Waals surface area contributed by atoms with E-state index in [0.717, 1.165) is 0 Å². The van der Waals surface area contributed by atoms with Gasteiger partial charge in [-0.3, -0.25) is 9.59 Å². The highest BCUT2D eigenvalue weighted by Crippen LogP contribution is 2.33. The van der Waals surface area contributed by atoms with Crippen molar-refractivity contribution < 1.29 is 33.0 Å². The van der Waals surface area contributed by atoms with E-state index in [2.05, 4.69) is 0 Å². The fourth-order valence-corrected chi connectivity index (χ4v) is 2.29. The number of carboxylic acid groups (broad SMARTS) is 1. The van der Waals surface area contributed by atoms with Gasteiger partial charge in [0.2, 0.25) is 5.91 Å². The second kappa shape index (κ2) is 6.23. The third-order valence-corrected chi connectivity index (χ3v) is 3.18. The van der Waals surface area contributed by atoms with E-state index in [-0.39, 0.29) is 12.8 Å². The number of alkyl halides is 3. The maximum atomic E-state index is 12.3. The van der Waals surface area contributed by atoms with Gasteiger partial charge < -0.3 is 15.1 Å². The van der Waals surface area contributed by atoms with E-state index in [9.17, 15) is 22.8 Å². The number of aliphatic hydroxyl groups is 1. The monoisotopic (exact) mass is 283 g/mol. The van der Waals surface area contributed by atoms with Crippen molar-refractivity contribution in [2.45, 2.75) is 25.4 Å². The highest BCUT2D eigenvalue weighted by atomic mass is 19.4. The van der Waals surface area contributed by atoms with Gasteiger partial charge in [-0.2, -0.15) is 13.2 Å². The summed E-state index contributed by atoms with van der Waals surface area (Å²) >= 11 is 0. The number of hydrogen-bond acceptors (Lipinski definition) is 3. The topological polar surface area (TPSA) is 77.8 Å². The lowest BCUT2D eigenvalue weighted by atomic mass is 10.0. The number of halogens is 3. The molecule has 2 N–H and O–H groups in total. The number of rotatable bonds is 5. The first-order valence-corrected chi connectivity index (χ1v) is 5.93. The number of hydrogen-bond donors (Lipinski definition) is 2. The first-order valence-electron chi connectivity index (χ1n) is 5.93. The van der Waals surface area contributed by atoms with Gasteiger partial charge in [0.05, 0.1) is 12.5 Å². The third kappa shape index (κ3) is 4.70. The molecule has 0 bridgehead atoms. The number of aliphatic hydroxyl groups excluding tert-OH is 1. The van der Waals surface area contributed by atoms with Crippen LogP contribution in [0, 0.1) is 11.8 Å². The van der Waals surface area contributed by atoms with Gasteiger partial charge >= 0.3 is 12.1 Å². The average Bonchev–Trinajstić information content (AvgIpc) is 2.75. The Morgan fingerprint density at radius 1 is 1.21 bits per heavy atom. The highest BCUT2D eigenvalue weighted by molar-refractivity contribution is 5.81. The van der Waals surface area contributed by atoms with Crippen molar-refractivity contribution in [3.05, 3.63) is 0 Å². The van der Waals surface area contributed by atoms with Gasteiger partial charge in [0.25, 0.3) is 0 Å². The van der Waals surface area contributed by atoms with E-state index in [0.29, 0.717) is 11.3 Å². The minimum Gasteiger partial charge on any atom is -0.481 e. The predicted molar refractivity (Wildman–Crippen MR) is 58.2 cm³/mol. The molecule has 2 atom stereocenters. The molecule has 1 fully saturated rings. The zero-order valence-corrected chi connectivity index (χ0v) is 10.2.